The van der Waals surface area contributed by atoms with Crippen LogP contribution < -0.4 is 10.1 Å². The summed E-state index contributed by atoms with van der Waals surface area (Å²) in [6.45, 7) is 0.849. The number of nitrogens with one attached hydrogen (secondary N) is 1. The van der Waals surface area contributed by atoms with Crippen LogP contribution in [0.25, 0.3) is 10.9 Å². The van der Waals surface area contributed by atoms with Crippen LogP contribution >= 0.6 is 0 Å². The van der Waals surface area contributed by atoms with E-state index >= 15 is 0 Å². The zero-order chi connectivity index (χ0) is 21.6. The van der Waals surface area contributed by atoms with Crippen LogP contribution in [0.4, 0.5) is 0 Å². The SMILES string of the molecule is O=C(COc1ccc2c(ccn2Cc2ccccc2C(=O)O)c1)NCc1ccccc1. The number of rotatable bonds is 8. The second-order valence-electron chi connectivity index (χ2n) is 7.18. The van der Waals surface area contributed by atoms with Crippen molar-refractivity contribution in [1.29, 1.82) is 0 Å². The molecule has 4 aromatic rings. The molecule has 0 unspecified atom stereocenters. The maximum Gasteiger partial charge on any atom is 0.336 e. The first-order chi connectivity index (χ1) is 15.1. The third-order valence-corrected chi connectivity index (χ3v) is 5.03. The number of aromatic nitrogens is 1. The quantitative estimate of drug-likeness (QED) is 0.455. The van der Waals surface area contributed by atoms with Crippen LogP contribution in [0.3, 0.4) is 0 Å². The van der Waals surface area contributed by atoms with Crippen LogP contribution in [0, 0.1) is 0 Å². The number of amides is 1. The Hall–Kier alpha value is -4.06. The van der Waals surface area contributed by atoms with Gasteiger partial charge in [-0.1, -0.05) is 48.5 Å². The van der Waals surface area contributed by atoms with E-state index in [4.69, 9.17) is 4.74 Å². The lowest BCUT2D eigenvalue weighted by molar-refractivity contribution is -0.123. The van der Waals surface area contributed by atoms with Crippen molar-refractivity contribution in [2.75, 3.05) is 6.61 Å². The summed E-state index contributed by atoms with van der Waals surface area (Å²) < 4.78 is 7.64. The van der Waals surface area contributed by atoms with E-state index in [0.29, 0.717) is 24.4 Å². The molecule has 156 valence electrons. The normalized spacial score (nSPS) is 10.7. The lowest BCUT2D eigenvalue weighted by Gasteiger charge is -2.10. The fourth-order valence-electron chi connectivity index (χ4n) is 3.45. The monoisotopic (exact) mass is 414 g/mol. The van der Waals surface area contributed by atoms with Gasteiger partial charge in [0.05, 0.1) is 5.56 Å². The number of hydrogen-bond donors (Lipinski definition) is 2. The highest BCUT2D eigenvalue weighted by Gasteiger charge is 2.11. The molecule has 4 rings (SSSR count). The van der Waals surface area contributed by atoms with E-state index < -0.39 is 5.97 Å². The highest BCUT2D eigenvalue weighted by atomic mass is 16.5. The third-order valence-electron chi connectivity index (χ3n) is 5.03. The van der Waals surface area contributed by atoms with Crippen LogP contribution in [-0.4, -0.2) is 28.2 Å². The molecular weight excluding hydrogens is 392 g/mol. The summed E-state index contributed by atoms with van der Waals surface area (Å²) in [6.07, 6.45) is 1.92. The molecule has 0 fully saturated rings. The lowest BCUT2D eigenvalue weighted by atomic mass is 10.1. The molecule has 0 saturated heterocycles. The first kappa shape index (κ1) is 20.2. The van der Waals surface area contributed by atoms with Gasteiger partial charge in [-0.25, -0.2) is 4.79 Å². The summed E-state index contributed by atoms with van der Waals surface area (Å²) in [5.74, 6) is -0.522. The molecule has 0 aliphatic rings. The summed E-state index contributed by atoms with van der Waals surface area (Å²) in [5, 5.41) is 13.2. The van der Waals surface area contributed by atoms with Gasteiger partial charge in [-0.15, -0.1) is 0 Å². The van der Waals surface area contributed by atoms with Crippen LogP contribution in [0.1, 0.15) is 21.5 Å². The molecule has 6 heteroatoms. The van der Waals surface area contributed by atoms with Gasteiger partial charge in [0.1, 0.15) is 5.75 Å². The Kier molecular flexibility index (Phi) is 5.98. The van der Waals surface area contributed by atoms with E-state index in [1.165, 1.54) is 0 Å². The summed E-state index contributed by atoms with van der Waals surface area (Å²) >= 11 is 0. The second kappa shape index (κ2) is 9.17. The van der Waals surface area contributed by atoms with Gasteiger partial charge >= 0.3 is 5.97 Å². The fraction of sp³-hybridized carbons (Fsp3) is 0.120. The Morgan fingerprint density at radius 3 is 2.52 bits per heavy atom. The minimum Gasteiger partial charge on any atom is -0.484 e. The Labute approximate surface area is 179 Å². The van der Waals surface area contributed by atoms with Crippen molar-refractivity contribution in [3.63, 3.8) is 0 Å². The van der Waals surface area contributed by atoms with Gasteiger partial charge in [0, 0.05) is 30.2 Å². The molecule has 0 atom stereocenters. The molecule has 0 aliphatic heterocycles. The Bertz CT molecular complexity index is 1210. The number of benzene rings is 3. The molecule has 0 radical (unpaired) electrons. The molecule has 1 aromatic heterocycles. The minimum atomic E-state index is -0.937. The first-order valence-electron chi connectivity index (χ1n) is 9.93. The zero-order valence-electron chi connectivity index (χ0n) is 16.8. The van der Waals surface area contributed by atoms with Crippen molar-refractivity contribution >= 4 is 22.8 Å². The van der Waals surface area contributed by atoms with Crippen molar-refractivity contribution in [3.05, 3.63) is 102 Å². The second-order valence-corrected chi connectivity index (χ2v) is 7.18. The number of fused-ring (bicyclic) bond motifs is 1. The van der Waals surface area contributed by atoms with E-state index in [-0.39, 0.29) is 12.5 Å². The Morgan fingerprint density at radius 1 is 0.935 bits per heavy atom. The van der Waals surface area contributed by atoms with Gasteiger partial charge < -0.3 is 19.7 Å². The topological polar surface area (TPSA) is 80.6 Å². The maximum absolute atomic E-state index is 12.1. The molecule has 1 amide bonds. The molecule has 3 aromatic carbocycles. The van der Waals surface area contributed by atoms with Gasteiger partial charge in [0.25, 0.3) is 5.91 Å². The van der Waals surface area contributed by atoms with Crippen LogP contribution in [-0.2, 0) is 17.9 Å². The van der Waals surface area contributed by atoms with Crippen molar-refractivity contribution in [2.24, 2.45) is 0 Å². The van der Waals surface area contributed by atoms with Crippen molar-refractivity contribution in [1.82, 2.24) is 9.88 Å². The summed E-state index contributed by atoms with van der Waals surface area (Å²) in [6, 6.07) is 24.2. The molecule has 0 spiro atoms. The number of carboxylic acid groups (broad SMARTS) is 1. The molecule has 2 N–H and O–H groups in total. The number of carbonyl (C=O) groups is 2. The zero-order valence-corrected chi connectivity index (χ0v) is 16.8. The standard InChI is InChI=1S/C25H22N2O4/c28-24(26-15-18-6-2-1-3-7-18)17-31-21-10-11-23-19(14-21)12-13-27(23)16-20-8-4-5-9-22(20)25(29)30/h1-14H,15-17H2,(H,26,28)(H,29,30). The van der Waals surface area contributed by atoms with E-state index in [9.17, 15) is 14.7 Å². The average Bonchev–Trinajstić information content (AvgIpc) is 3.19. The highest BCUT2D eigenvalue weighted by molar-refractivity contribution is 5.89. The minimum absolute atomic E-state index is 0.0644. The van der Waals surface area contributed by atoms with E-state index in [2.05, 4.69) is 5.32 Å². The summed E-state index contributed by atoms with van der Waals surface area (Å²) in [5.41, 5.74) is 3.03. The van der Waals surface area contributed by atoms with Crippen molar-refractivity contribution in [2.45, 2.75) is 13.1 Å². The van der Waals surface area contributed by atoms with Crippen LogP contribution in [0.5, 0.6) is 5.75 Å². The largest absolute Gasteiger partial charge is 0.484 e. The Balaban J connectivity index is 1.39. The van der Waals surface area contributed by atoms with Crippen molar-refractivity contribution < 1.29 is 19.4 Å². The van der Waals surface area contributed by atoms with Crippen LogP contribution in [0.15, 0.2) is 85.1 Å². The molecule has 0 saturated carbocycles. The van der Waals surface area contributed by atoms with Gasteiger partial charge in [-0.05, 0) is 41.5 Å². The third kappa shape index (κ3) is 4.93. The number of nitrogens with zero attached hydrogens (tertiary/aromatic N) is 1. The molecular formula is C25H22N2O4. The predicted molar refractivity (Wildman–Crippen MR) is 118 cm³/mol. The van der Waals surface area contributed by atoms with Gasteiger partial charge in [0.2, 0.25) is 0 Å². The van der Waals surface area contributed by atoms with E-state index in [1.54, 1.807) is 12.1 Å². The van der Waals surface area contributed by atoms with Gasteiger partial charge in [-0.3, -0.25) is 4.79 Å². The van der Waals surface area contributed by atoms with Gasteiger partial charge in [-0.2, -0.15) is 0 Å². The lowest BCUT2D eigenvalue weighted by Crippen LogP contribution is -2.28. The van der Waals surface area contributed by atoms with Gasteiger partial charge in [0.15, 0.2) is 6.61 Å². The van der Waals surface area contributed by atoms with E-state index in [1.807, 2.05) is 77.5 Å². The molecule has 0 bridgehead atoms. The maximum atomic E-state index is 12.1. The summed E-state index contributed by atoms with van der Waals surface area (Å²) in [7, 11) is 0. The predicted octanol–water partition coefficient (Wildman–Crippen LogP) is 4.08. The number of hydrogen-bond acceptors (Lipinski definition) is 3. The van der Waals surface area contributed by atoms with E-state index in [0.717, 1.165) is 22.0 Å². The number of ether oxygens (including phenoxy) is 1. The number of aromatic carboxylic acids is 1. The smallest absolute Gasteiger partial charge is 0.336 e. The summed E-state index contributed by atoms with van der Waals surface area (Å²) in [4.78, 5) is 23.5. The average molecular weight is 414 g/mol. The first-order valence-corrected chi connectivity index (χ1v) is 9.93. The molecule has 31 heavy (non-hydrogen) atoms. The highest BCUT2D eigenvalue weighted by Crippen LogP contribution is 2.23. The molecule has 0 aliphatic carbocycles. The Morgan fingerprint density at radius 2 is 1.71 bits per heavy atom. The van der Waals surface area contributed by atoms with Crippen LogP contribution in [0.2, 0.25) is 0 Å². The fourth-order valence-corrected chi connectivity index (χ4v) is 3.45. The number of carbonyl (C=O) groups excluding carboxylic acids is 1. The van der Waals surface area contributed by atoms with Crippen molar-refractivity contribution in [3.8, 4) is 5.75 Å². The number of carboxylic acids is 1. The molecule has 1 heterocycles. The molecule has 6 nitrogen and oxygen atoms in total.